The zero-order valence-corrected chi connectivity index (χ0v) is 12.3. The van der Waals surface area contributed by atoms with E-state index in [1.165, 1.54) is 24.1 Å². The van der Waals surface area contributed by atoms with E-state index in [9.17, 15) is 19.8 Å². The number of hydrogen-bond acceptors (Lipinski definition) is 4. The fourth-order valence-corrected chi connectivity index (χ4v) is 2.48. The van der Waals surface area contributed by atoms with Crippen molar-refractivity contribution in [2.45, 2.75) is 18.6 Å². The summed E-state index contributed by atoms with van der Waals surface area (Å²) in [4.78, 5) is 24.9. The van der Waals surface area contributed by atoms with Gasteiger partial charge in [-0.05, 0) is 34.1 Å². The van der Waals surface area contributed by atoms with Gasteiger partial charge in [-0.3, -0.25) is 4.79 Å². The Morgan fingerprint density at radius 1 is 1.45 bits per heavy atom. The molecule has 2 atom stereocenters. The van der Waals surface area contributed by atoms with Gasteiger partial charge in [-0.2, -0.15) is 0 Å². The molecule has 2 rings (SSSR count). The van der Waals surface area contributed by atoms with Crippen molar-refractivity contribution in [3.05, 3.63) is 28.2 Å². The first-order valence-electron chi connectivity index (χ1n) is 5.99. The minimum absolute atomic E-state index is 0.0646. The van der Waals surface area contributed by atoms with Gasteiger partial charge in [0.05, 0.1) is 10.6 Å². The molecule has 0 radical (unpaired) electrons. The van der Waals surface area contributed by atoms with Crippen LogP contribution in [0.25, 0.3) is 0 Å². The summed E-state index contributed by atoms with van der Waals surface area (Å²) in [5.74, 6) is -1.55. The largest absolute Gasteiger partial charge is 0.507 e. The van der Waals surface area contributed by atoms with Crippen LogP contribution in [0.4, 0.5) is 0 Å². The summed E-state index contributed by atoms with van der Waals surface area (Å²) >= 11 is 3.13. The monoisotopic (exact) mass is 343 g/mol. The number of nitrogens with zero attached hydrogens (tertiary/aromatic N) is 1. The first kappa shape index (κ1) is 14.8. The highest BCUT2D eigenvalue weighted by Gasteiger charge is 2.40. The quantitative estimate of drug-likeness (QED) is 0.867. The molecule has 6 nitrogen and oxygen atoms in total. The van der Waals surface area contributed by atoms with Crippen molar-refractivity contribution >= 4 is 27.8 Å². The highest BCUT2D eigenvalue weighted by atomic mass is 79.9. The van der Waals surface area contributed by atoms with Gasteiger partial charge >= 0.3 is 5.97 Å². The lowest BCUT2D eigenvalue weighted by molar-refractivity contribution is -0.141. The smallest absolute Gasteiger partial charge is 0.326 e. The second-order valence-corrected chi connectivity index (χ2v) is 5.43. The molecule has 1 saturated heterocycles. The minimum atomic E-state index is -1.06. The van der Waals surface area contributed by atoms with Crippen molar-refractivity contribution in [1.29, 1.82) is 0 Å². The fraction of sp³-hybridized carbons (Fsp3) is 0.385. The summed E-state index contributed by atoms with van der Waals surface area (Å²) in [5.41, 5.74) is 0.244. The van der Waals surface area contributed by atoms with E-state index in [1.807, 2.05) is 0 Å². The van der Waals surface area contributed by atoms with E-state index in [0.717, 1.165) is 0 Å². The number of carboxylic acid groups (broad SMARTS) is 1. The van der Waals surface area contributed by atoms with Gasteiger partial charge in [-0.25, -0.2) is 4.79 Å². The lowest BCUT2D eigenvalue weighted by Crippen LogP contribution is -2.40. The number of aromatic hydroxyl groups is 1. The number of amides is 1. The van der Waals surface area contributed by atoms with Crippen LogP contribution >= 0.6 is 15.9 Å². The summed E-state index contributed by atoms with van der Waals surface area (Å²) < 4.78 is 5.61. The van der Waals surface area contributed by atoms with Gasteiger partial charge < -0.3 is 19.8 Å². The molecule has 1 aromatic carbocycles. The SMILES string of the molecule is COC1CC(C(=O)O)N(C(=O)c2ccc(Br)c(O)c2)C1. The maximum Gasteiger partial charge on any atom is 0.326 e. The number of halogens is 1. The predicted molar refractivity (Wildman–Crippen MR) is 73.7 cm³/mol. The molecule has 1 aliphatic heterocycles. The summed E-state index contributed by atoms with van der Waals surface area (Å²) in [5, 5.41) is 18.8. The molecule has 20 heavy (non-hydrogen) atoms. The van der Waals surface area contributed by atoms with Crippen LogP contribution in [0.5, 0.6) is 5.75 Å². The fourth-order valence-electron chi connectivity index (χ4n) is 2.24. The lowest BCUT2D eigenvalue weighted by atomic mass is 10.1. The second-order valence-electron chi connectivity index (χ2n) is 4.57. The van der Waals surface area contributed by atoms with Crippen LogP contribution in [0.15, 0.2) is 22.7 Å². The Labute approximate surface area is 124 Å². The third-order valence-electron chi connectivity index (χ3n) is 3.34. The molecule has 1 amide bonds. The van der Waals surface area contributed by atoms with Gasteiger partial charge in [0.25, 0.3) is 5.91 Å². The molecule has 0 spiro atoms. The molecule has 0 aliphatic carbocycles. The molecular formula is C13H14BrNO5. The van der Waals surface area contributed by atoms with Crippen LogP contribution in [-0.2, 0) is 9.53 Å². The van der Waals surface area contributed by atoms with Crippen molar-refractivity contribution in [1.82, 2.24) is 4.90 Å². The summed E-state index contributed by atoms with van der Waals surface area (Å²) in [6.07, 6.45) is -0.0239. The lowest BCUT2D eigenvalue weighted by Gasteiger charge is -2.21. The number of phenols is 1. The second kappa shape index (κ2) is 5.80. The van der Waals surface area contributed by atoms with Gasteiger partial charge in [0.15, 0.2) is 0 Å². The van der Waals surface area contributed by atoms with E-state index >= 15 is 0 Å². The van der Waals surface area contributed by atoms with E-state index < -0.39 is 17.9 Å². The topological polar surface area (TPSA) is 87.1 Å². The number of carboxylic acids is 1. The number of carbonyl (C=O) groups excluding carboxylic acids is 1. The first-order chi connectivity index (χ1) is 9.43. The Kier molecular flexibility index (Phi) is 4.29. The number of hydrogen-bond donors (Lipinski definition) is 2. The van der Waals surface area contributed by atoms with E-state index in [-0.39, 0.29) is 30.4 Å². The molecule has 1 heterocycles. The maximum absolute atomic E-state index is 12.4. The average Bonchev–Trinajstić information content (AvgIpc) is 2.85. The van der Waals surface area contributed by atoms with E-state index in [0.29, 0.717) is 4.47 Å². The summed E-state index contributed by atoms with van der Waals surface area (Å²) in [6, 6.07) is 3.48. The van der Waals surface area contributed by atoms with Crippen molar-refractivity contribution in [3.63, 3.8) is 0 Å². The Hall–Kier alpha value is -1.60. The Balaban J connectivity index is 2.26. The molecule has 2 N–H and O–H groups in total. The Morgan fingerprint density at radius 3 is 2.70 bits per heavy atom. The van der Waals surface area contributed by atoms with Gasteiger partial charge in [0, 0.05) is 25.6 Å². The molecule has 0 bridgehead atoms. The van der Waals surface area contributed by atoms with Crippen molar-refractivity contribution in [2.24, 2.45) is 0 Å². The molecule has 0 saturated carbocycles. The number of rotatable bonds is 3. The molecule has 1 fully saturated rings. The molecular weight excluding hydrogens is 330 g/mol. The molecule has 0 aromatic heterocycles. The van der Waals surface area contributed by atoms with E-state index in [2.05, 4.69) is 15.9 Å². The normalized spacial score (nSPS) is 22.0. The highest BCUT2D eigenvalue weighted by Crippen LogP contribution is 2.27. The number of aliphatic carboxylic acids is 1. The van der Waals surface area contributed by atoms with Crippen LogP contribution in [0.1, 0.15) is 16.8 Å². The third kappa shape index (κ3) is 2.78. The van der Waals surface area contributed by atoms with Crippen LogP contribution < -0.4 is 0 Å². The minimum Gasteiger partial charge on any atom is -0.507 e. The summed E-state index contributed by atoms with van der Waals surface area (Å²) in [6.45, 7) is 0.225. The Morgan fingerprint density at radius 2 is 2.15 bits per heavy atom. The number of benzene rings is 1. The van der Waals surface area contributed by atoms with Crippen LogP contribution in [0.2, 0.25) is 0 Å². The zero-order chi connectivity index (χ0) is 14.9. The van der Waals surface area contributed by atoms with Gasteiger partial charge in [0.2, 0.25) is 0 Å². The number of phenolic OH excluding ortho intramolecular Hbond substituents is 1. The molecule has 108 valence electrons. The third-order valence-corrected chi connectivity index (χ3v) is 4.01. The Bertz CT molecular complexity index is 548. The first-order valence-corrected chi connectivity index (χ1v) is 6.78. The zero-order valence-electron chi connectivity index (χ0n) is 10.7. The van der Waals surface area contributed by atoms with Gasteiger partial charge in [-0.1, -0.05) is 0 Å². The van der Waals surface area contributed by atoms with Crippen LogP contribution in [-0.4, -0.2) is 52.8 Å². The number of methoxy groups -OCH3 is 1. The van der Waals surface area contributed by atoms with Crippen LogP contribution in [0, 0.1) is 0 Å². The molecule has 1 aromatic rings. The number of carbonyl (C=O) groups is 2. The van der Waals surface area contributed by atoms with Crippen LogP contribution in [0.3, 0.4) is 0 Å². The van der Waals surface area contributed by atoms with Crippen molar-refractivity contribution < 1.29 is 24.5 Å². The predicted octanol–water partition coefficient (Wildman–Crippen LogP) is 1.47. The number of ether oxygens (including phenoxy) is 1. The van der Waals surface area contributed by atoms with Crippen molar-refractivity contribution in [3.8, 4) is 5.75 Å². The van der Waals surface area contributed by atoms with Crippen molar-refractivity contribution in [2.75, 3.05) is 13.7 Å². The van der Waals surface area contributed by atoms with Gasteiger partial charge in [-0.15, -0.1) is 0 Å². The van der Waals surface area contributed by atoms with E-state index in [4.69, 9.17) is 4.74 Å². The summed E-state index contributed by atoms with van der Waals surface area (Å²) in [7, 11) is 1.49. The molecule has 2 unspecified atom stereocenters. The maximum atomic E-state index is 12.4. The molecule has 7 heteroatoms. The van der Waals surface area contributed by atoms with Gasteiger partial charge in [0.1, 0.15) is 11.8 Å². The highest BCUT2D eigenvalue weighted by molar-refractivity contribution is 9.10. The number of likely N-dealkylation sites (tertiary alicyclic amines) is 1. The standard InChI is InChI=1S/C13H14BrNO5/c1-20-8-5-10(13(18)19)15(6-8)12(17)7-2-3-9(14)11(16)4-7/h2-4,8,10,16H,5-6H2,1H3,(H,18,19). The average molecular weight is 344 g/mol. The van der Waals surface area contributed by atoms with E-state index in [1.54, 1.807) is 6.07 Å². The molecule has 1 aliphatic rings.